The number of aromatic nitrogens is 2. The van der Waals surface area contributed by atoms with Gasteiger partial charge in [0.15, 0.2) is 0 Å². The maximum atomic E-state index is 12.4. The average Bonchev–Trinajstić information content (AvgIpc) is 3.15. The van der Waals surface area contributed by atoms with Crippen LogP contribution in [0.2, 0.25) is 0 Å². The number of fused-ring (bicyclic) bond motifs is 1. The van der Waals surface area contributed by atoms with Crippen molar-refractivity contribution in [3.8, 4) is 0 Å². The molecule has 2 aromatic heterocycles. The lowest BCUT2D eigenvalue weighted by Gasteiger charge is -2.26. The number of hydrogen-bond acceptors (Lipinski definition) is 6. The van der Waals surface area contributed by atoms with E-state index in [0.29, 0.717) is 10.2 Å². The molecule has 0 atom stereocenters. The van der Waals surface area contributed by atoms with E-state index in [9.17, 15) is 9.59 Å². The average molecular weight is 401 g/mol. The lowest BCUT2D eigenvalue weighted by Crippen LogP contribution is -2.32. The van der Waals surface area contributed by atoms with Gasteiger partial charge in [-0.3, -0.25) is 19.1 Å². The van der Waals surface area contributed by atoms with E-state index < -0.39 is 0 Å². The Bertz CT molecular complexity index is 1010. The van der Waals surface area contributed by atoms with Crippen LogP contribution in [0.4, 0.5) is 5.69 Å². The molecule has 8 heteroatoms. The Morgan fingerprint density at radius 3 is 2.93 bits per heavy atom. The van der Waals surface area contributed by atoms with Crippen molar-refractivity contribution in [2.45, 2.75) is 13.1 Å². The fraction of sp³-hybridized carbons (Fsp3) is 0.316. The highest BCUT2D eigenvalue weighted by Crippen LogP contribution is 2.16. The topological polar surface area (TPSA) is 67.2 Å². The van der Waals surface area contributed by atoms with Crippen LogP contribution < -0.4 is 10.9 Å². The van der Waals surface area contributed by atoms with Gasteiger partial charge in [0.2, 0.25) is 5.91 Å². The van der Waals surface area contributed by atoms with Crippen LogP contribution in [0.1, 0.15) is 5.56 Å². The van der Waals surface area contributed by atoms with Crippen molar-refractivity contribution in [2.24, 2.45) is 0 Å². The van der Waals surface area contributed by atoms with Gasteiger partial charge in [-0.15, -0.1) is 11.3 Å². The van der Waals surface area contributed by atoms with Crippen LogP contribution in [0.15, 0.2) is 46.8 Å². The zero-order valence-electron chi connectivity index (χ0n) is 14.8. The smallest absolute Gasteiger partial charge is 0.262 e. The van der Waals surface area contributed by atoms with Gasteiger partial charge in [-0.2, -0.15) is 11.8 Å². The lowest BCUT2D eigenvalue weighted by molar-refractivity contribution is -0.116. The number of benzene rings is 1. The first-order valence-corrected chi connectivity index (χ1v) is 10.8. The second kappa shape index (κ2) is 8.24. The predicted molar refractivity (Wildman–Crippen MR) is 112 cm³/mol. The van der Waals surface area contributed by atoms with E-state index in [4.69, 9.17) is 0 Å². The number of thioether (sulfide) groups is 1. The number of amides is 1. The molecule has 6 nitrogen and oxygen atoms in total. The van der Waals surface area contributed by atoms with Gasteiger partial charge >= 0.3 is 0 Å². The number of carbonyl (C=O) groups excluding carboxylic acids is 1. The molecule has 27 heavy (non-hydrogen) atoms. The molecule has 1 aliphatic heterocycles. The summed E-state index contributed by atoms with van der Waals surface area (Å²) < 4.78 is 1.35. The van der Waals surface area contributed by atoms with E-state index in [0.717, 1.165) is 25.3 Å². The van der Waals surface area contributed by atoms with Gasteiger partial charge < -0.3 is 5.32 Å². The minimum Gasteiger partial charge on any atom is -0.325 e. The number of rotatable bonds is 5. The number of carbonyl (C=O) groups is 1. The minimum absolute atomic E-state index is 0.0504. The van der Waals surface area contributed by atoms with Crippen molar-refractivity contribution in [2.75, 3.05) is 29.9 Å². The maximum Gasteiger partial charge on any atom is 0.262 e. The molecular weight excluding hydrogens is 380 g/mol. The first-order chi connectivity index (χ1) is 13.2. The van der Waals surface area contributed by atoms with E-state index in [2.05, 4.69) is 21.3 Å². The highest BCUT2D eigenvalue weighted by molar-refractivity contribution is 7.99. The molecule has 1 aromatic carbocycles. The lowest BCUT2D eigenvalue weighted by atomic mass is 10.2. The van der Waals surface area contributed by atoms with Gasteiger partial charge in [-0.05, 0) is 29.1 Å². The molecule has 1 amide bonds. The Morgan fingerprint density at radius 1 is 1.22 bits per heavy atom. The molecule has 0 saturated carbocycles. The minimum atomic E-state index is -0.236. The van der Waals surface area contributed by atoms with E-state index in [1.165, 1.54) is 39.3 Å². The number of anilines is 1. The Labute approximate surface area is 165 Å². The standard InChI is InChI=1S/C19H20N4O2S2/c24-17(12-23-13-20-18-16(19(23)25)4-7-27-18)21-15-3-1-2-14(10-15)11-22-5-8-26-9-6-22/h1-4,7,10,13H,5-6,8-9,11-12H2,(H,21,24). The van der Waals surface area contributed by atoms with Crippen LogP contribution in [0, 0.1) is 0 Å². The number of hydrogen-bond donors (Lipinski definition) is 1. The van der Waals surface area contributed by atoms with Crippen LogP contribution in [0.3, 0.4) is 0 Å². The Balaban J connectivity index is 1.42. The zero-order valence-corrected chi connectivity index (χ0v) is 16.4. The number of nitrogens with one attached hydrogen (secondary N) is 1. The monoisotopic (exact) mass is 400 g/mol. The fourth-order valence-electron chi connectivity index (χ4n) is 3.13. The summed E-state index contributed by atoms with van der Waals surface area (Å²) in [5.74, 6) is 2.11. The van der Waals surface area contributed by atoms with E-state index in [1.54, 1.807) is 6.07 Å². The summed E-state index contributed by atoms with van der Waals surface area (Å²) in [5, 5.41) is 5.27. The zero-order chi connectivity index (χ0) is 18.6. The van der Waals surface area contributed by atoms with Crippen molar-refractivity contribution in [1.82, 2.24) is 14.5 Å². The molecule has 1 fully saturated rings. The fourth-order valence-corrected chi connectivity index (χ4v) is 4.83. The summed E-state index contributed by atoms with van der Waals surface area (Å²) in [5.41, 5.74) is 1.74. The Morgan fingerprint density at radius 2 is 2.07 bits per heavy atom. The third-order valence-electron chi connectivity index (χ3n) is 4.49. The summed E-state index contributed by atoms with van der Waals surface area (Å²) >= 11 is 3.41. The summed E-state index contributed by atoms with van der Waals surface area (Å²) in [6, 6.07) is 9.65. The van der Waals surface area contributed by atoms with E-state index in [1.807, 2.05) is 35.3 Å². The molecule has 1 aliphatic rings. The largest absolute Gasteiger partial charge is 0.325 e. The molecule has 0 aliphatic carbocycles. The quantitative estimate of drug-likeness (QED) is 0.713. The maximum absolute atomic E-state index is 12.4. The van der Waals surface area contributed by atoms with Crippen molar-refractivity contribution < 1.29 is 4.79 Å². The summed E-state index contributed by atoms with van der Waals surface area (Å²) in [6.45, 7) is 3.04. The molecule has 0 radical (unpaired) electrons. The normalized spacial score (nSPS) is 15.1. The van der Waals surface area contributed by atoms with Crippen LogP contribution in [0.25, 0.3) is 10.2 Å². The number of nitrogens with zero attached hydrogens (tertiary/aromatic N) is 3. The van der Waals surface area contributed by atoms with Crippen LogP contribution in [-0.4, -0.2) is 45.0 Å². The van der Waals surface area contributed by atoms with Crippen molar-refractivity contribution in [3.05, 3.63) is 58.0 Å². The predicted octanol–water partition coefficient (Wildman–Crippen LogP) is 2.65. The highest BCUT2D eigenvalue weighted by Gasteiger charge is 2.12. The van der Waals surface area contributed by atoms with Gasteiger partial charge in [-0.25, -0.2) is 4.98 Å². The molecule has 3 heterocycles. The molecule has 3 aromatic rings. The second-order valence-electron chi connectivity index (χ2n) is 6.45. The molecule has 4 rings (SSSR count). The molecule has 1 saturated heterocycles. The van der Waals surface area contributed by atoms with Crippen LogP contribution >= 0.6 is 23.1 Å². The summed E-state index contributed by atoms with van der Waals surface area (Å²) in [4.78, 5) is 32.2. The van der Waals surface area contributed by atoms with E-state index >= 15 is 0 Å². The first kappa shape index (κ1) is 18.2. The summed E-state index contributed by atoms with van der Waals surface area (Å²) in [7, 11) is 0. The van der Waals surface area contributed by atoms with Crippen molar-refractivity contribution in [1.29, 1.82) is 0 Å². The van der Waals surface area contributed by atoms with Gasteiger partial charge in [0.1, 0.15) is 11.4 Å². The molecule has 0 bridgehead atoms. The van der Waals surface area contributed by atoms with Crippen molar-refractivity contribution >= 4 is 44.9 Å². The van der Waals surface area contributed by atoms with Gasteiger partial charge in [0.25, 0.3) is 5.56 Å². The van der Waals surface area contributed by atoms with E-state index in [-0.39, 0.29) is 18.0 Å². The highest BCUT2D eigenvalue weighted by atomic mass is 32.2. The Hall–Kier alpha value is -2.16. The Kier molecular flexibility index (Phi) is 5.56. The van der Waals surface area contributed by atoms with Gasteiger partial charge in [0.05, 0.1) is 11.7 Å². The SMILES string of the molecule is O=C(Cn1cnc2sccc2c1=O)Nc1cccc(CN2CCSCC2)c1. The van der Waals surface area contributed by atoms with Gasteiger partial charge in [0, 0.05) is 36.8 Å². The molecular formula is C19H20N4O2S2. The summed E-state index contributed by atoms with van der Waals surface area (Å²) in [6.07, 6.45) is 1.44. The third-order valence-corrected chi connectivity index (χ3v) is 6.25. The number of thiophene rings is 1. The molecule has 140 valence electrons. The van der Waals surface area contributed by atoms with Crippen LogP contribution in [0.5, 0.6) is 0 Å². The second-order valence-corrected chi connectivity index (χ2v) is 8.57. The van der Waals surface area contributed by atoms with Crippen molar-refractivity contribution in [3.63, 3.8) is 0 Å². The van der Waals surface area contributed by atoms with Gasteiger partial charge in [-0.1, -0.05) is 12.1 Å². The molecule has 1 N–H and O–H groups in total. The molecule has 0 unspecified atom stereocenters. The first-order valence-electron chi connectivity index (χ1n) is 8.80. The third kappa shape index (κ3) is 4.40. The van der Waals surface area contributed by atoms with Crippen LogP contribution in [-0.2, 0) is 17.9 Å². The molecule has 0 spiro atoms.